The molecule has 1 aliphatic heterocycles. The van der Waals surface area contributed by atoms with Gasteiger partial charge in [-0.25, -0.2) is 9.37 Å². The summed E-state index contributed by atoms with van der Waals surface area (Å²) in [7, 11) is 0. The van der Waals surface area contributed by atoms with Crippen molar-refractivity contribution in [1.29, 1.82) is 0 Å². The molecule has 1 fully saturated rings. The molecule has 3 heterocycles. The fourth-order valence-electron chi connectivity index (χ4n) is 4.79. The van der Waals surface area contributed by atoms with Gasteiger partial charge in [0.05, 0.1) is 18.1 Å². The SMILES string of the molecule is Cc1cn(-c2ccc3n(c2=O)CCN([C@@H]2CC[C@H]2Oc2cccc(F)c2C(C)C)C3=O)cn1. The predicted octanol–water partition coefficient (Wildman–Crippen LogP) is 3.67. The Morgan fingerprint density at radius 2 is 1.94 bits per heavy atom. The molecule has 2 aromatic heterocycles. The molecule has 2 atom stereocenters. The number of rotatable bonds is 5. The van der Waals surface area contributed by atoms with E-state index in [1.54, 1.807) is 50.8 Å². The lowest BCUT2D eigenvalue weighted by atomic mass is 9.86. The Morgan fingerprint density at radius 3 is 2.61 bits per heavy atom. The largest absolute Gasteiger partial charge is 0.488 e. The number of imidazole rings is 1. The maximum Gasteiger partial charge on any atom is 0.275 e. The number of ether oxygens (including phenoxy) is 1. The highest BCUT2D eigenvalue weighted by Crippen LogP contribution is 2.36. The molecule has 0 radical (unpaired) electrons. The molecule has 5 rings (SSSR count). The molecule has 1 amide bonds. The van der Waals surface area contributed by atoms with Crippen molar-refractivity contribution in [3.63, 3.8) is 0 Å². The topological polar surface area (TPSA) is 69.4 Å². The second kappa shape index (κ2) is 8.17. The monoisotopic (exact) mass is 450 g/mol. The van der Waals surface area contributed by atoms with Crippen LogP contribution < -0.4 is 10.3 Å². The summed E-state index contributed by atoms with van der Waals surface area (Å²) >= 11 is 0. The van der Waals surface area contributed by atoms with E-state index < -0.39 is 0 Å². The van der Waals surface area contributed by atoms with Gasteiger partial charge in [0, 0.05) is 24.8 Å². The van der Waals surface area contributed by atoms with Gasteiger partial charge in [0.2, 0.25) is 0 Å². The molecule has 0 bridgehead atoms. The van der Waals surface area contributed by atoms with Crippen LogP contribution in [0, 0.1) is 12.7 Å². The summed E-state index contributed by atoms with van der Waals surface area (Å²) < 4.78 is 23.8. The highest BCUT2D eigenvalue weighted by atomic mass is 19.1. The second-order valence-corrected chi connectivity index (χ2v) is 9.09. The minimum atomic E-state index is -0.274. The van der Waals surface area contributed by atoms with Gasteiger partial charge in [-0.2, -0.15) is 0 Å². The van der Waals surface area contributed by atoms with Crippen molar-refractivity contribution in [2.45, 2.75) is 58.2 Å². The van der Waals surface area contributed by atoms with Gasteiger partial charge in [-0.05, 0) is 49.9 Å². The van der Waals surface area contributed by atoms with Crippen molar-refractivity contribution >= 4 is 5.91 Å². The fraction of sp³-hybridized carbons (Fsp3) is 0.400. The molecule has 2 aliphatic rings. The van der Waals surface area contributed by atoms with Crippen LogP contribution in [0.3, 0.4) is 0 Å². The summed E-state index contributed by atoms with van der Waals surface area (Å²) in [5, 5.41) is 0. The first-order chi connectivity index (χ1) is 15.8. The van der Waals surface area contributed by atoms with Gasteiger partial charge in [-0.1, -0.05) is 19.9 Å². The van der Waals surface area contributed by atoms with Gasteiger partial charge in [0.15, 0.2) is 0 Å². The van der Waals surface area contributed by atoms with Crippen LogP contribution in [0.1, 0.15) is 54.4 Å². The zero-order valence-electron chi connectivity index (χ0n) is 19.0. The number of aryl methyl sites for hydroxylation is 1. The number of pyridine rings is 1. The van der Waals surface area contributed by atoms with E-state index in [4.69, 9.17) is 4.74 Å². The number of hydrogen-bond donors (Lipinski definition) is 0. The van der Waals surface area contributed by atoms with E-state index in [2.05, 4.69) is 4.98 Å². The Morgan fingerprint density at radius 1 is 1.12 bits per heavy atom. The van der Waals surface area contributed by atoms with E-state index in [1.165, 1.54) is 6.07 Å². The number of carbonyl (C=O) groups is 1. The third kappa shape index (κ3) is 3.63. The summed E-state index contributed by atoms with van der Waals surface area (Å²) in [6.45, 7) is 6.58. The van der Waals surface area contributed by atoms with Crippen LogP contribution >= 0.6 is 0 Å². The molecule has 0 spiro atoms. The maximum absolute atomic E-state index is 14.4. The van der Waals surface area contributed by atoms with Gasteiger partial charge in [0.1, 0.15) is 29.1 Å². The molecule has 7 nitrogen and oxygen atoms in total. The van der Waals surface area contributed by atoms with E-state index in [0.717, 1.165) is 18.5 Å². The van der Waals surface area contributed by atoms with Gasteiger partial charge in [0.25, 0.3) is 11.5 Å². The van der Waals surface area contributed by atoms with Crippen molar-refractivity contribution in [2.75, 3.05) is 6.54 Å². The van der Waals surface area contributed by atoms with Crippen molar-refractivity contribution in [3.05, 3.63) is 76.0 Å². The van der Waals surface area contributed by atoms with Gasteiger partial charge in [-0.15, -0.1) is 0 Å². The average Bonchev–Trinajstić information content (AvgIpc) is 3.19. The van der Waals surface area contributed by atoms with E-state index in [0.29, 0.717) is 35.8 Å². The fourth-order valence-corrected chi connectivity index (χ4v) is 4.79. The first-order valence-electron chi connectivity index (χ1n) is 11.4. The quantitative estimate of drug-likeness (QED) is 0.595. The molecule has 0 unspecified atom stereocenters. The normalized spacial score (nSPS) is 20.0. The van der Waals surface area contributed by atoms with Crippen molar-refractivity contribution < 1.29 is 13.9 Å². The average molecular weight is 451 g/mol. The minimum Gasteiger partial charge on any atom is -0.488 e. The number of carbonyl (C=O) groups excluding carboxylic acids is 1. The number of hydrogen-bond acceptors (Lipinski definition) is 4. The number of fused-ring (bicyclic) bond motifs is 1. The first-order valence-corrected chi connectivity index (χ1v) is 11.4. The lowest BCUT2D eigenvalue weighted by Crippen LogP contribution is -2.58. The van der Waals surface area contributed by atoms with E-state index in [-0.39, 0.29) is 35.3 Å². The minimum absolute atomic E-state index is 0.0106. The lowest BCUT2D eigenvalue weighted by Gasteiger charge is -2.45. The molecular formula is C25H27FN4O3. The molecule has 3 aromatic rings. The predicted molar refractivity (Wildman–Crippen MR) is 122 cm³/mol. The van der Waals surface area contributed by atoms with Crippen molar-refractivity contribution in [1.82, 2.24) is 19.0 Å². The summed E-state index contributed by atoms with van der Waals surface area (Å²) in [4.78, 5) is 32.4. The van der Waals surface area contributed by atoms with E-state index in [9.17, 15) is 14.0 Å². The van der Waals surface area contributed by atoms with Crippen LogP contribution in [-0.4, -0.2) is 43.6 Å². The number of benzene rings is 1. The van der Waals surface area contributed by atoms with Crippen LogP contribution in [0.15, 0.2) is 47.7 Å². The molecule has 1 aliphatic carbocycles. The molecule has 1 saturated carbocycles. The lowest BCUT2D eigenvalue weighted by molar-refractivity contribution is -0.00606. The molecule has 8 heteroatoms. The summed E-state index contributed by atoms with van der Waals surface area (Å²) in [6.07, 6.45) is 4.81. The second-order valence-electron chi connectivity index (χ2n) is 9.09. The Kier molecular flexibility index (Phi) is 5.31. The third-order valence-corrected chi connectivity index (χ3v) is 6.63. The Labute approximate surface area is 191 Å². The van der Waals surface area contributed by atoms with Crippen LogP contribution in [0.2, 0.25) is 0 Å². The first kappa shape index (κ1) is 21.4. The summed E-state index contributed by atoms with van der Waals surface area (Å²) in [6, 6.07) is 8.17. The number of nitrogens with zero attached hydrogens (tertiary/aromatic N) is 4. The van der Waals surface area contributed by atoms with Crippen LogP contribution in [-0.2, 0) is 6.54 Å². The molecule has 0 saturated heterocycles. The third-order valence-electron chi connectivity index (χ3n) is 6.63. The van der Waals surface area contributed by atoms with Crippen LogP contribution in [0.4, 0.5) is 4.39 Å². The zero-order valence-corrected chi connectivity index (χ0v) is 19.0. The standard InChI is InChI=1S/C25H27FN4O3/c1-15(2)23-17(26)5-4-6-22(23)33-21-10-9-18(21)29-11-12-30-20(25(29)32)8-7-19(24(30)31)28-13-16(3)27-14-28/h4-8,13-15,18,21H,9-12H2,1-3H3/t18-,21-/m1/s1. The van der Waals surface area contributed by atoms with Crippen molar-refractivity contribution in [3.8, 4) is 11.4 Å². The molecule has 33 heavy (non-hydrogen) atoms. The molecule has 0 N–H and O–H groups in total. The highest BCUT2D eigenvalue weighted by Gasteiger charge is 2.42. The zero-order chi connectivity index (χ0) is 23.3. The Balaban J connectivity index is 1.38. The van der Waals surface area contributed by atoms with E-state index >= 15 is 0 Å². The smallest absolute Gasteiger partial charge is 0.275 e. The van der Waals surface area contributed by atoms with E-state index in [1.807, 2.05) is 20.8 Å². The van der Waals surface area contributed by atoms with Crippen LogP contribution in [0.25, 0.3) is 5.69 Å². The summed E-state index contributed by atoms with van der Waals surface area (Å²) in [5.74, 6) is 0.0857. The van der Waals surface area contributed by atoms with Gasteiger partial charge in [-0.3, -0.25) is 9.59 Å². The molecule has 1 aromatic carbocycles. The highest BCUT2D eigenvalue weighted by molar-refractivity contribution is 5.93. The summed E-state index contributed by atoms with van der Waals surface area (Å²) in [5.41, 5.74) is 2.02. The van der Waals surface area contributed by atoms with Gasteiger partial charge >= 0.3 is 0 Å². The number of aromatic nitrogens is 3. The number of halogens is 1. The Bertz CT molecular complexity index is 1280. The number of amides is 1. The maximum atomic E-state index is 14.4. The van der Waals surface area contributed by atoms with Crippen molar-refractivity contribution in [2.24, 2.45) is 0 Å². The molecule has 172 valence electrons. The van der Waals surface area contributed by atoms with Crippen LogP contribution in [0.5, 0.6) is 5.75 Å². The molecular weight excluding hydrogens is 423 g/mol. The Hall–Kier alpha value is -3.42. The van der Waals surface area contributed by atoms with Gasteiger partial charge < -0.3 is 18.8 Å².